The third-order valence-electron chi connectivity index (χ3n) is 2.26. The van der Waals surface area contributed by atoms with E-state index >= 15 is 0 Å². The second kappa shape index (κ2) is 4.94. The lowest BCUT2D eigenvalue weighted by Gasteiger charge is -2.21. The van der Waals surface area contributed by atoms with E-state index in [2.05, 4.69) is 10.3 Å². The van der Waals surface area contributed by atoms with Crippen LogP contribution < -0.4 is 10.1 Å². The van der Waals surface area contributed by atoms with Crippen molar-refractivity contribution in [2.75, 3.05) is 19.5 Å². The summed E-state index contributed by atoms with van der Waals surface area (Å²) in [6, 6.07) is 3.39. The summed E-state index contributed by atoms with van der Waals surface area (Å²) in [5, 5.41) is 2.70. The number of hydrogen-bond donors (Lipinski definition) is 1. The summed E-state index contributed by atoms with van der Waals surface area (Å²) in [4.78, 5) is 15.7. The Kier molecular flexibility index (Phi) is 3.84. The van der Waals surface area contributed by atoms with Crippen LogP contribution in [0.25, 0.3) is 0 Å². The normalized spacial score (nSPS) is 11.0. The van der Waals surface area contributed by atoms with Crippen LogP contribution in [0.15, 0.2) is 18.3 Å². The maximum Gasteiger partial charge on any atom is 0.256 e. The topological polar surface area (TPSA) is 60.5 Å². The van der Waals surface area contributed by atoms with E-state index in [9.17, 15) is 4.79 Å². The van der Waals surface area contributed by atoms with Gasteiger partial charge in [0.15, 0.2) is 0 Å². The second-order valence-corrected chi connectivity index (χ2v) is 3.76. The summed E-state index contributed by atoms with van der Waals surface area (Å²) in [5.74, 6) is 0.283. The van der Waals surface area contributed by atoms with Gasteiger partial charge >= 0.3 is 0 Å². The van der Waals surface area contributed by atoms with Gasteiger partial charge in [-0.3, -0.25) is 4.79 Å². The fourth-order valence-electron chi connectivity index (χ4n) is 0.949. The standard InChI is InChI=1S/C11H16N2O3/c1-11(2,16-4)10(14)13-8-5-6-9(15-3)12-7-8/h5-7H,1-4H3,(H,13,14). The van der Waals surface area contributed by atoms with Crippen LogP contribution >= 0.6 is 0 Å². The van der Waals surface area contributed by atoms with Gasteiger partial charge in [0.25, 0.3) is 5.91 Å². The number of methoxy groups -OCH3 is 2. The molecule has 1 aromatic rings. The van der Waals surface area contributed by atoms with Crippen molar-refractivity contribution in [1.82, 2.24) is 4.98 Å². The SMILES string of the molecule is COc1ccc(NC(=O)C(C)(C)OC)cn1. The number of nitrogens with zero attached hydrogens (tertiary/aromatic N) is 1. The van der Waals surface area contributed by atoms with E-state index in [1.807, 2.05) is 0 Å². The van der Waals surface area contributed by atoms with Crippen molar-refractivity contribution in [3.8, 4) is 5.88 Å². The first-order valence-corrected chi connectivity index (χ1v) is 4.86. The number of pyridine rings is 1. The maximum atomic E-state index is 11.7. The van der Waals surface area contributed by atoms with Gasteiger partial charge in [-0.05, 0) is 19.9 Å². The third kappa shape index (κ3) is 2.93. The van der Waals surface area contributed by atoms with Crippen molar-refractivity contribution in [1.29, 1.82) is 0 Å². The van der Waals surface area contributed by atoms with E-state index in [0.717, 1.165) is 0 Å². The number of ether oxygens (including phenoxy) is 2. The lowest BCUT2D eigenvalue weighted by molar-refractivity contribution is -0.133. The van der Waals surface area contributed by atoms with Crippen LogP contribution in [0.4, 0.5) is 5.69 Å². The molecule has 1 rings (SSSR count). The summed E-state index contributed by atoms with van der Waals surface area (Å²) >= 11 is 0. The Morgan fingerprint density at radius 3 is 2.50 bits per heavy atom. The fraction of sp³-hybridized carbons (Fsp3) is 0.455. The molecule has 1 aromatic heterocycles. The first kappa shape index (κ1) is 12.4. The van der Waals surface area contributed by atoms with Gasteiger partial charge in [-0.1, -0.05) is 0 Å². The van der Waals surface area contributed by atoms with Gasteiger partial charge in [-0.2, -0.15) is 0 Å². The number of carbonyl (C=O) groups is 1. The molecule has 88 valence electrons. The van der Waals surface area contributed by atoms with Crippen LogP contribution in [0.3, 0.4) is 0 Å². The van der Waals surface area contributed by atoms with Crippen LogP contribution in [0.5, 0.6) is 5.88 Å². The fourth-order valence-corrected chi connectivity index (χ4v) is 0.949. The highest BCUT2D eigenvalue weighted by Crippen LogP contribution is 2.14. The monoisotopic (exact) mass is 224 g/mol. The van der Waals surface area contributed by atoms with Gasteiger partial charge in [0.1, 0.15) is 5.60 Å². The van der Waals surface area contributed by atoms with Crippen molar-refractivity contribution in [2.45, 2.75) is 19.4 Å². The first-order chi connectivity index (χ1) is 7.49. The Morgan fingerprint density at radius 1 is 1.38 bits per heavy atom. The summed E-state index contributed by atoms with van der Waals surface area (Å²) in [5.41, 5.74) is -0.254. The summed E-state index contributed by atoms with van der Waals surface area (Å²) < 4.78 is 9.97. The van der Waals surface area contributed by atoms with Crippen LogP contribution in [0.1, 0.15) is 13.8 Å². The van der Waals surface area contributed by atoms with Gasteiger partial charge in [0.2, 0.25) is 5.88 Å². The molecule has 0 saturated carbocycles. The van der Waals surface area contributed by atoms with Crippen LogP contribution in [0, 0.1) is 0 Å². The van der Waals surface area contributed by atoms with Crippen molar-refractivity contribution in [3.05, 3.63) is 18.3 Å². The maximum absolute atomic E-state index is 11.7. The number of anilines is 1. The number of rotatable bonds is 4. The van der Waals surface area contributed by atoms with Crippen molar-refractivity contribution in [3.63, 3.8) is 0 Å². The Labute approximate surface area is 94.8 Å². The highest BCUT2D eigenvalue weighted by molar-refractivity contribution is 5.96. The summed E-state index contributed by atoms with van der Waals surface area (Å²) in [7, 11) is 3.03. The average molecular weight is 224 g/mol. The molecule has 0 unspecified atom stereocenters. The Hall–Kier alpha value is -1.62. The Bertz CT molecular complexity index is 360. The minimum absolute atomic E-state index is 0.220. The molecular formula is C11H16N2O3. The number of hydrogen-bond acceptors (Lipinski definition) is 4. The molecule has 0 radical (unpaired) electrons. The smallest absolute Gasteiger partial charge is 0.256 e. The number of amides is 1. The predicted molar refractivity (Wildman–Crippen MR) is 60.5 cm³/mol. The van der Waals surface area contributed by atoms with E-state index in [-0.39, 0.29) is 5.91 Å². The molecular weight excluding hydrogens is 208 g/mol. The molecule has 0 spiro atoms. The minimum Gasteiger partial charge on any atom is -0.481 e. The lowest BCUT2D eigenvalue weighted by atomic mass is 10.1. The minimum atomic E-state index is -0.861. The van der Waals surface area contributed by atoms with Crippen molar-refractivity contribution < 1.29 is 14.3 Å². The van der Waals surface area contributed by atoms with E-state index in [4.69, 9.17) is 9.47 Å². The molecule has 0 bridgehead atoms. The molecule has 0 aliphatic heterocycles. The van der Waals surface area contributed by atoms with E-state index < -0.39 is 5.60 Å². The lowest BCUT2D eigenvalue weighted by Crippen LogP contribution is -2.38. The van der Waals surface area contributed by atoms with Crippen molar-refractivity contribution in [2.24, 2.45) is 0 Å². The number of nitrogens with one attached hydrogen (secondary N) is 1. The molecule has 0 aliphatic rings. The molecule has 0 aliphatic carbocycles. The zero-order valence-corrected chi connectivity index (χ0v) is 9.90. The zero-order chi connectivity index (χ0) is 12.2. The average Bonchev–Trinajstić information content (AvgIpc) is 2.30. The highest BCUT2D eigenvalue weighted by atomic mass is 16.5. The van der Waals surface area contributed by atoms with Gasteiger partial charge in [0.05, 0.1) is 19.0 Å². The first-order valence-electron chi connectivity index (χ1n) is 4.86. The summed E-state index contributed by atoms with van der Waals surface area (Å²) in [6.45, 7) is 3.39. The molecule has 0 fully saturated rings. The number of carbonyl (C=O) groups excluding carboxylic acids is 1. The largest absolute Gasteiger partial charge is 0.481 e. The predicted octanol–water partition coefficient (Wildman–Crippen LogP) is 1.45. The molecule has 0 saturated heterocycles. The van der Waals surface area contributed by atoms with Gasteiger partial charge in [0, 0.05) is 13.2 Å². The van der Waals surface area contributed by atoms with Crippen molar-refractivity contribution >= 4 is 11.6 Å². The van der Waals surface area contributed by atoms with Gasteiger partial charge < -0.3 is 14.8 Å². The van der Waals surface area contributed by atoms with Crippen LogP contribution in [-0.4, -0.2) is 30.7 Å². The molecule has 5 heteroatoms. The van der Waals surface area contributed by atoms with E-state index in [1.165, 1.54) is 20.4 Å². The molecule has 0 atom stereocenters. The molecule has 1 N–H and O–H groups in total. The zero-order valence-electron chi connectivity index (χ0n) is 9.90. The molecule has 1 amide bonds. The van der Waals surface area contributed by atoms with Crippen LogP contribution in [0.2, 0.25) is 0 Å². The quantitative estimate of drug-likeness (QED) is 0.841. The molecule has 16 heavy (non-hydrogen) atoms. The van der Waals surface area contributed by atoms with Gasteiger partial charge in [-0.25, -0.2) is 4.98 Å². The van der Waals surface area contributed by atoms with Gasteiger partial charge in [-0.15, -0.1) is 0 Å². The Morgan fingerprint density at radius 2 is 2.06 bits per heavy atom. The Balaban J connectivity index is 2.70. The third-order valence-corrected chi connectivity index (χ3v) is 2.26. The van der Waals surface area contributed by atoms with E-state index in [0.29, 0.717) is 11.6 Å². The highest BCUT2D eigenvalue weighted by Gasteiger charge is 2.26. The molecule has 0 aromatic carbocycles. The summed E-state index contributed by atoms with van der Waals surface area (Å²) in [6.07, 6.45) is 1.53. The van der Waals surface area contributed by atoms with Crippen LogP contribution in [-0.2, 0) is 9.53 Å². The van der Waals surface area contributed by atoms with E-state index in [1.54, 1.807) is 26.0 Å². The molecule has 5 nitrogen and oxygen atoms in total. The number of aromatic nitrogens is 1. The molecule has 1 heterocycles. The second-order valence-electron chi connectivity index (χ2n) is 3.76.